The Hall–Kier alpha value is -4.64. The predicted molar refractivity (Wildman–Crippen MR) is 152 cm³/mol. The Morgan fingerprint density at radius 3 is 2.51 bits per heavy atom. The number of rotatable bonds is 6. The van der Waals surface area contributed by atoms with Crippen LogP contribution in [0.1, 0.15) is 39.9 Å². The van der Waals surface area contributed by atoms with Gasteiger partial charge >= 0.3 is 6.18 Å². The second-order valence-electron chi connectivity index (χ2n) is 9.91. The van der Waals surface area contributed by atoms with Crippen molar-refractivity contribution in [3.05, 3.63) is 95.2 Å². The summed E-state index contributed by atoms with van der Waals surface area (Å²) in [5, 5.41) is 5.73. The van der Waals surface area contributed by atoms with Crippen LogP contribution >= 0.6 is 0 Å². The highest BCUT2D eigenvalue weighted by molar-refractivity contribution is 6.05. The molecular formula is C30H28F3N7O. The lowest BCUT2D eigenvalue weighted by Gasteiger charge is -2.24. The Morgan fingerprint density at radius 2 is 1.78 bits per heavy atom. The third-order valence-corrected chi connectivity index (χ3v) is 6.86. The quantitative estimate of drug-likeness (QED) is 0.284. The molecule has 1 aliphatic rings. The Kier molecular flexibility index (Phi) is 8.06. The number of likely N-dealkylation sites (tertiary alicyclic amines) is 1. The molecule has 0 saturated carbocycles. The fourth-order valence-corrected chi connectivity index (χ4v) is 4.51. The van der Waals surface area contributed by atoms with Crippen molar-refractivity contribution in [2.75, 3.05) is 30.8 Å². The number of hydrogen-bond acceptors (Lipinski definition) is 7. The standard InChI is InChI=1S/C30H28F3N7O/c1-19-3-4-22(14-27(19)39-29-36-10-7-26(38-29)23-16-34-18-35-17-23)28(41)37-24-6-5-21(25(15-24)30(31,32)33)13-20-8-11-40(2)12-9-20/h3-7,10,13-18H,8-9,11-12H2,1-2H3,(H,37,41)(H,36,38,39). The molecule has 8 nitrogen and oxygen atoms in total. The van der Waals surface area contributed by atoms with Crippen molar-refractivity contribution in [2.24, 2.45) is 0 Å². The van der Waals surface area contributed by atoms with Crippen molar-refractivity contribution >= 4 is 29.3 Å². The fourth-order valence-electron chi connectivity index (χ4n) is 4.51. The van der Waals surface area contributed by atoms with Gasteiger partial charge in [-0.2, -0.15) is 13.2 Å². The van der Waals surface area contributed by atoms with Crippen LogP contribution in [-0.2, 0) is 6.18 Å². The smallest absolute Gasteiger partial charge is 0.324 e. The average Bonchev–Trinajstić information content (AvgIpc) is 2.96. The van der Waals surface area contributed by atoms with Gasteiger partial charge in [0.2, 0.25) is 5.95 Å². The van der Waals surface area contributed by atoms with Gasteiger partial charge in [0.25, 0.3) is 5.91 Å². The van der Waals surface area contributed by atoms with Gasteiger partial charge in [-0.1, -0.05) is 23.8 Å². The first-order valence-electron chi connectivity index (χ1n) is 13.0. The third kappa shape index (κ3) is 6.93. The van der Waals surface area contributed by atoms with Gasteiger partial charge in [0.05, 0.1) is 11.3 Å². The van der Waals surface area contributed by atoms with Crippen LogP contribution in [0.5, 0.6) is 0 Å². The number of nitrogens with zero attached hydrogens (tertiary/aromatic N) is 5. The van der Waals surface area contributed by atoms with Crippen LogP contribution in [0, 0.1) is 6.92 Å². The van der Waals surface area contributed by atoms with E-state index in [1.54, 1.807) is 48.9 Å². The van der Waals surface area contributed by atoms with Crippen molar-refractivity contribution in [1.29, 1.82) is 0 Å². The van der Waals surface area contributed by atoms with Crippen LogP contribution in [0.15, 0.2) is 73.0 Å². The summed E-state index contributed by atoms with van der Waals surface area (Å²) in [5.74, 6) is -0.241. The first kappa shape index (κ1) is 27.9. The molecule has 2 aromatic carbocycles. The van der Waals surface area contributed by atoms with Crippen LogP contribution in [0.25, 0.3) is 17.3 Å². The summed E-state index contributed by atoms with van der Waals surface area (Å²) in [5.41, 5.74) is 3.35. The molecule has 1 amide bonds. The Balaban J connectivity index is 1.35. The van der Waals surface area contributed by atoms with Crippen LogP contribution < -0.4 is 10.6 Å². The van der Waals surface area contributed by atoms with Gasteiger partial charge in [-0.05, 0) is 68.3 Å². The van der Waals surface area contributed by atoms with Gasteiger partial charge < -0.3 is 15.5 Å². The number of hydrogen-bond donors (Lipinski definition) is 2. The maximum atomic E-state index is 14.0. The molecule has 0 aliphatic carbocycles. The van der Waals surface area contributed by atoms with Crippen molar-refractivity contribution in [2.45, 2.75) is 25.9 Å². The number of benzene rings is 2. The molecule has 1 saturated heterocycles. The number of piperidine rings is 1. The summed E-state index contributed by atoms with van der Waals surface area (Å²) in [7, 11) is 2.00. The maximum Gasteiger partial charge on any atom is 0.417 e. The highest BCUT2D eigenvalue weighted by atomic mass is 19.4. The van der Waals surface area contributed by atoms with E-state index in [0.29, 0.717) is 17.3 Å². The number of nitrogens with one attached hydrogen (secondary N) is 2. The van der Waals surface area contributed by atoms with Gasteiger partial charge in [0.1, 0.15) is 6.33 Å². The van der Waals surface area contributed by atoms with Gasteiger partial charge in [0, 0.05) is 54.2 Å². The molecule has 0 atom stereocenters. The molecule has 0 radical (unpaired) electrons. The molecule has 0 spiro atoms. The van der Waals surface area contributed by atoms with Crippen molar-refractivity contribution < 1.29 is 18.0 Å². The molecule has 11 heteroatoms. The lowest BCUT2D eigenvalue weighted by atomic mass is 9.98. The van der Waals surface area contributed by atoms with Gasteiger partial charge in [-0.3, -0.25) is 4.79 Å². The normalized spacial score (nSPS) is 14.0. The number of carbonyl (C=O) groups excluding carboxylic acids is 1. The zero-order chi connectivity index (χ0) is 29.0. The van der Waals surface area contributed by atoms with Crippen molar-refractivity contribution in [3.8, 4) is 11.3 Å². The lowest BCUT2D eigenvalue weighted by molar-refractivity contribution is -0.137. The average molecular weight is 560 g/mol. The Bertz CT molecular complexity index is 1580. The van der Waals surface area contributed by atoms with Crippen LogP contribution in [0.2, 0.25) is 0 Å². The van der Waals surface area contributed by atoms with E-state index in [9.17, 15) is 18.0 Å². The van der Waals surface area contributed by atoms with E-state index < -0.39 is 17.6 Å². The molecular weight excluding hydrogens is 531 g/mol. The van der Waals surface area contributed by atoms with Gasteiger partial charge in [0.15, 0.2) is 0 Å². The minimum atomic E-state index is -4.57. The van der Waals surface area contributed by atoms with Crippen LogP contribution in [-0.4, -0.2) is 50.9 Å². The molecule has 3 heterocycles. The van der Waals surface area contributed by atoms with Crippen LogP contribution in [0.4, 0.5) is 30.5 Å². The third-order valence-electron chi connectivity index (χ3n) is 6.86. The summed E-state index contributed by atoms with van der Waals surface area (Å²) >= 11 is 0. The van der Waals surface area contributed by atoms with Gasteiger partial charge in [-0.25, -0.2) is 19.9 Å². The summed E-state index contributed by atoms with van der Waals surface area (Å²) in [6, 6.07) is 10.6. The molecule has 1 aliphatic heterocycles. The maximum absolute atomic E-state index is 14.0. The molecule has 2 aromatic heterocycles. The number of carbonyl (C=O) groups is 1. The molecule has 1 fully saturated rings. The zero-order valence-electron chi connectivity index (χ0n) is 22.5. The number of aromatic nitrogens is 4. The van der Waals surface area contributed by atoms with E-state index in [1.807, 2.05) is 14.0 Å². The minimum absolute atomic E-state index is 0.0593. The van der Waals surface area contributed by atoms with E-state index >= 15 is 0 Å². The molecule has 2 N–H and O–H groups in total. The molecule has 5 rings (SSSR count). The monoisotopic (exact) mass is 559 g/mol. The fraction of sp³-hybridized carbons (Fsp3) is 0.233. The number of anilines is 3. The Morgan fingerprint density at radius 1 is 1.02 bits per heavy atom. The number of halogens is 3. The molecule has 0 bridgehead atoms. The number of amides is 1. The Labute approximate surface area is 235 Å². The second kappa shape index (κ2) is 11.8. The van der Waals surface area contributed by atoms with E-state index in [4.69, 9.17) is 0 Å². The number of alkyl halides is 3. The van der Waals surface area contributed by atoms with Crippen LogP contribution in [0.3, 0.4) is 0 Å². The summed E-state index contributed by atoms with van der Waals surface area (Å²) < 4.78 is 41.9. The SMILES string of the molecule is Cc1ccc(C(=O)Nc2ccc(C=C3CCN(C)CC3)c(C(F)(F)F)c2)cc1Nc1nccc(-c2cncnc2)n1. The topological polar surface area (TPSA) is 95.9 Å². The van der Waals surface area contributed by atoms with E-state index in [0.717, 1.165) is 48.7 Å². The highest BCUT2D eigenvalue weighted by Gasteiger charge is 2.33. The first-order chi connectivity index (χ1) is 19.7. The molecule has 210 valence electrons. The molecule has 4 aromatic rings. The van der Waals surface area contributed by atoms with E-state index in [-0.39, 0.29) is 16.8 Å². The predicted octanol–water partition coefficient (Wildman–Crippen LogP) is 6.37. The summed E-state index contributed by atoms with van der Waals surface area (Å²) in [4.78, 5) is 32.0. The van der Waals surface area contributed by atoms with Crippen molar-refractivity contribution in [1.82, 2.24) is 24.8 Å². The first-order valence-corrected chi connectivity index (χ1v) is 13.0. The lowest BCUT2D eigenvalue weighted by Crippen LogP contribution is -2.26. The summed E-state index contributed by atoms with van der Waals surface area (Å²) in [6.45, 7) is 3.48. The zero-order valence-corrected chi connectivity index (χ0v) is 22.5. The van der Waals surface area contributed by atoms with E-state index in [1.165, 1.54) is 18.5 Å². The van der Waals surface area contributed by atoms with E-state index in [2.05, 4.69) is 35.5 Å². The molecule has 0 unspecified atom stereocenters. The second-order valence-corrected chi connectivity index (χ2v) is 9.91. The molecule has 41 heavy (non-hydrogen) atoms. The van der Waals surface area contributed by atoms with Gasteiger partial charge in [-0.15, -0.1) is 0 Å². The number of aryl methyl sites for hydroxylation is 1. The van der Waals surface area contributed by atoms with Crippen molar-refractivity contribution in [3.63, 3.8) is 0 Å². The summed E-state index contributed by atoms with van der Waals surface area (Å²) in [6.07, 6.45) is 4.80. The largest absolute Gasteiger partial charge is 0.417 e. The minimum Gasteiger partial charge on any atom is -0.324 e. The highest BCUT2D eigenvalue weighted by Crippen LogP contribution is 2.36.